The Morgan fingerprint density at radius 1 is 1.41 bits per heavy atom. The quantitative estimate of drug-likeness (QED) is 0.730. The third-order valence-electron chi connectivity index (χ3n) is 2.91. The van der Waals surface area contributed by atoms with Gasteiger partial charge in [-0.3, -0.25) is 4.79 Å². The maximum absolute atomic E-state index is 12.2. The van der Waals surface area contributed by atoms with E-state index in [2.05, 4.69) is 31.6 Å². The fourth-order valence-electron chi connectivity index (χ4n) is 1.83. The summed E-state index contributed by atoms with van der Waals surface area (Å²) in [6.45, 7) is 0.284. The Morgan fingerprint density at radius 2 is 2.27 bits per heavy atom. The first kappa shape index (κ1) is 15.2. The third kappa shape index (κ3) is 3.37. The zero-order chi connectivity index (χ0) is 15.5. The summed E-state index contributed by atoms with van der Waals surface area (Å²) in [6.07, 6.45) is 1.78. The number of nitrogens with zero attached hydrogens (tertiary/aromatic N) is 3. The number of aromatic nitrogens is 3. The molecule has 0 aliphatic heterocycles. The van der Waals surface area contributed by atoms with E-state index in [9.17, 15) is 4.79 Å². The molecule has 2 heterocycles. The lowest BCUT2D eigenvalue weighted by molar-refractivity contribution is 0.0950. The Labute approximate surface area is 144 Å². The summed E-state index contributed by atoms with van der Waals surface area (Å²) in [5.41, 5.74) is 2.04. The monoisotopic (exact) mass is 396 g/mol. The maximum Gasteiger partial charge on any atom is 0.253 e. The van der Waals surface area contributed by atoms with E-state index < -0.39 is 0 Å². The van der Waals surface area contributed by atoms with Crippen molar-refractivity contribution in [3.63, 3.8) is 0 Å². The largest absolute Gasteiger partial charge is 0.346 e. The second kappa shape index (κ2) is 6.60. The predicted molar refractivity (Wildman–Crippen MR) is 89.6 cm³/mol. The molecule has 0 unspecified atom stereocenters. The van der Waals surface area contributed by atoms with Crippen molar-refractivity contribution in [1.29, 1.82) is 0 Å². The Balaban J connectivity index is 1.67. The zero-order valence-corrected chi connectivity index (χ0v) is 14.3. The highest BCUT2D eigenvalue weighted by Crippen LogP contribution is 2.21. The van der Waals surface area contributed by atoms with Crippen LogP contribution in [0.2, 0.25) is 5.02 Å². The van der Waals surface area contributed by atoms with Gasteiger partial charge in [0.05, 0.1) is 29.0 Å². The average Bonchev–Trinajstić information content (AvgIpc) is 3.17. The molecule has 0 spiro atoms. The zero-order valence-electron chi connectivity index (χ0n) is 11.2. The van der Waals surface area contributed by atoms with Crippen LogP contribution in [-0.2, 0) is 6.54 Å². The van der Waals surface area contributed by atoms with Crippen molar-refractivity contribution in [3.8, 4) is 5.69 Å². The van der Waals surface area contributed by atoms with Crippen molar-refractivity contribution < 1.29 is 4.79 Å². The van der Waals surface area contributed by atoms with Gasteiger partial charge < -0.3 is 5.32 Å². The van der Waals surface area contributed by atoms with Gasteiger partial charge in [0.2, 0.25) is 0 Å². The molecule has 3 rings (SSSR count). The number of carbonyl (C=O) groups excluding carboxylic acids is 1. The molecule has 5 nitrogen and oxygen atoms in total. The van der Waals surface area contributed by atoms with Gasteiger partial charge in [-0.1, -0.05) is 32.7 Å². The first-order valence-corrected chi connectivity index (χ1v) is 8.42. The molecule has 1 aromatic carbocycles. The number of rotatable bonds is 4. The highest BCUT2D eigenvalue weighted by atomic mass is 79.9. The van der Waals surface area contributed by atoms with E-state index in [1.54, 1.807) is 40.4 Å². The highest BCUT2D eigenvalue weighted by Gasteiger charge is 2.11. The lowest BCUT2D eigenvalue weighted by atomic mass is 10.2. The minimum atomic E-state index is -0.253. The van der Waals surface area contributed by atoms with Gasteiger partial charge in [0.1, 0.15) is 5.69 Å². The van der Waals surface area contributed by atoms with Crippen LogP contribution in [-0.4, -0.2) is 20.9 Å². The first-order chi connectivity index (χ1) is 10.6. The molecular formula is C14H10BrClN4OS. The Bertz CT molecular complexity index is 803. The van der Waals surface area contributed by atoms with E-state index in [0.717, 1.165) is 10.2 Å². The van der Waals surface area contributed by atoms with E-state index in [1.807, 2.05) is 16.8 Å². The minimum absolute atomic E-state index is 0.253. The van der Waals surface area contributed by atoms with E-state index in [1.165, 1.54) is 0 Å². The van der Waals surface area contributed by atoms with Gasteiger partial charge in [-0.05, 0) is 29.6 Å². The van der Waals surface area contributed by atoms with Crippen LogP contribution in [0.25, 0.3) is 5.69 Å². The Morgan fingerprint density at radius 3 is 3.05 bits per heavy atom. The van der Waals surface area contributed by atoms with Crippen molar-refractivity contribution in [1.82, 2.24) is 20.3 Å². The van der Waals surface area contributed by atoms with E-state index in [4.69, 9.17) is 11.6 Å². The second-order valence-corrected chi connectivity index (χ2v) is 6.55. The molecule has 0 aliphatic carbocycles. The van der Waals surface area contributed by atoms with Crippen LogP contribution >= 0.6 is 38.9 Å². The Hall–Kier alpha value is -1.70. The number of carbonyl (C=O) groups is 1. The van der Waals surface area contributed by atoms with Gasteiger partial charge in [-0.2, -0.15) is 11.3 Å². The predicted octanol–water partition coefficient (Wildman–Crippen LogP) is 3.67. The average molecular weight is 398 g/mol. The highest BCUT2D eigenvalue weighted by molar-refractivity contribution is 9.10. The lowest BCUT2D eigenvalue weighted by Crippen LogP contribution is -2.23. The topological polar surface area (TPSA) is 59.8 Å². The fourth-order valence-corrected chi connectivity index (χ4v) is 3.02. The molecule has 0 saturated heterocycles. The van der Waals surface area contributed by atoms with Crippen molar-refractivity contribution in [3.05, 3.63) is 62.0 Å². The standard InChI is InChI=1S/C14H10BrClN4OS/c15-9-1-2-13(16)12(5-9)14(21)17-6-10-7-20(19-18-10)11-3-4-22-8-11/h1-5,7-8H,6H2,(H,17,21). The fraction of sp³-hybridized carbons (Fsp3) is 0.0714. The smallest absolute Gasteiger partial charge is 0.253 e. The van der Waals surface area contributed by atoms with Crippen LogP contribution in [0.5, 0.6) is 0 Å². The van der Waals surface area contributed by atoms with Crippen molar-refractivity contribution in [2.24, 2.45) is 0 Å². The molecule has 0 fully saturated rings. The van der Waals surface area contributed by atoms with Gasteiger partial charge >= 0.3 is 0 Å². The van der Waals surface area contributed by atoms with Crippen LogP contribution in [0.4, 0.5) is 0 Å². The molecule has 0 saturated carbocycles. The number of benzene rings is 1. The first-order valence-electron chi connectivity index (χ1n) is 6.30. The molecule has 112 valence electrons. The summed E-state index contributed by atoms with van der Waals surface area (Å²) in [4.78, 5) is 12.2. The molecule has 3 aromatic rings. The van der Waals surface area contributed by atoms with Crippen LogP contribution in [0, 0.1) is 0 Å². The van der Waals surface area contributed by atoms with Crippen LogP contribution in [0.15, 0.2) is 45.7 Å². The lowest BCUT2D eigenvalue weighted by Gasteiger charge is -2.05. The number of nitrogens with one attached hydrogen (secondary N) is 1. The van der Waals surface area contributed by atoms with Crippen LogP contribution in [0.3, 0.4) is 0 Å². The summed E-state index contributed by atoms with van der Waals surface area (Å²) in [5, 5.41) is 15.2. The van der Waals surface area contributed by atoms with Gasteiger partial charge in [0.25, 0.3) is 5.91 Å². The van der Waals surface area contributed by atoms with Gasteiger partial charge in [0, 0.05) is 9.85 Å². The van der Waals surface area contributed by atoms with E-state index in [-0.39, 0.29) is 12.5 Å². The molecule has 0 bridgehead atoms. The summed E-state index contributed by atoms with van der Waals surface area (Å²) in [7, 11) is 0. The molecule has 1 N–H and O–H groups in total. The van der Waals surface area contributed by atoms with Crippen LogP contribution < -0.4 is 5.32 Å². The molecule has 0 radical (unpaired) electrons. The maximum atomic E-state index is 12.2. The molecular weight excluding hydrogens is 388 g/mol. The van der Waals surface area contributed by atoms with Gasteiger partial charge in [-0.25, -0.2) is 4.68 Å². The molecule has 1 amide bonds. The molecule has 22 heavy (non-hydrogen) atoms. The summed E-state index contributed by atoms with van der Waals surface area (Å²) in [5.74, 6) is -0.253. The molecule has 2 aromatic heterocycles. The van der Waals surface area contributed by atoms with Crippen LogP contribution in [0.1, 0.15) is 16.1 Å². The molecule has 0 aliphatic rings. The second-order valence-electron chi connectivity index (χ2n) is 4.44. The SMILES string of the molecule is O=C(NCc1cn(-c2ccsc2)nn1)c1cc(Br)ccc1Cl. The molecule has 8 heteroatoms. The number of thiophene rings is 1. The minimum Gasteiger partial charge on any atom is -0.346 e. The summed E-state index contributed by atoms with van der Waals surface area (Å²) in [6, 6.07) is 7.09. The number of hydrogen-bond donors (Lipinski definition) is 1. The molecule has 0 atom stereocenters. The Kier molecular flexibility index (Phi) is 4.56. The van der Waals surface area contributed by atoms with Crippen molar-refractivity contribution in [2.75, 3.05) is 0 Å². The van der Waals surface area contributed by atoms with Gasteiger partial charge in [0.15, 0.2) is 0 Å². The van der Waals surface area contributed by atoms with Gasteiger partial charge in [-0.15, -0.1) is 5.10 Å². The number of amides is 1. The summed E-state index contributed by atoms with van der Waals surface area (Å²) >= 11 is 10.9. The third-order valence-corrected chi connectivity index (χ3v) is 4.41. The normalized spacial score (nSPS) is 10.6. The number of hydrogen-bond acceptors (Lipinski definition) is 4. The van der Waals surface area contributed by atoms with E-state index >= 15 is 0 Å². The number of halogens is 2. The van der Waals surface area contributed by atoms with Crippen molar-refractivity contribution in [2.45, 2.75) is 6.54 Å². The summed E-state index contributed by atoms with van der Waals surface area (Å²) < 4.78 is 2.47. The van der Waals surface area contributed by atoms with Crippen molar-refractivity contribution >= 4 is 44.8 Å². The van der Waals surface area contributed by atoms with E-state index in [0.29, 0.717) is 16.3 Å².